The summed E-state index contributed by atoms with van der Waals surface area (Å²) in [6, 6.07) is 16.9. The van der Waals surface area contributed by atoms with Gasteiger partial charge >= 0.3 is 0 Å². The van der Waals surface area contributed by atoms with Gasteiger partial charge in [0.05, 0.1) is 11.2 Å². The SMILES string of the molecule is C(=C\c1n[nH]c2ccccc12)/c1ccc(N2CCNCC2)cc1.Cl. The Morgan fingerprint density at radius 1 is 0.917 bits per heavy atom. The summed E-state index contributed by atoms with van der Waals surface area (Å²) in [5.41, 5.74) is 4.54. The van der Waals surface area contributed by atoms with Gasteiger partial charge in [0.1, 0.15) is 0 Å². The van der Waals surface area contributed by atoms with Gasteiger partial charge in [-0.05, 0) is 29.8 Å². The molecule has 5 heteroatoms. The summed E-state index contributed by atoms with van der Waals surface area (Å²) >= 11 is 0. The molecule has 0 unspecified atom stereocenters. The van der Waals surface area contributed by atoms with E-state index in [-0.39, 0.29) is 12.4 Å². The number of anilines is 1. The minimum Gasteiger partial charge on any atom is -0.369 e. The zero-order valence-electron chi connectivity index (χ0n) is 13.4. The summed E-state index contributed by atoms with van der Waals surface area (Å²) in [5, 5.41) is 12.0. The highest BCUT2D eigenvalue weighted by molar-refractivity contribution is 5.89. The second kappa shape index (κ2) is 7.51. The number of fused-ring (bicyclic) bond motifs is 1. The molecule has 0 atom stereocenters. The minimum atomic E-state index is 0. The van der Waals surface area contributed by atoms with Crippen molar-refractivity contribution in [3.05, 3.63) is 59.8 Å². The molecule has 124 valence electrons. The Hall–Kier alpha value is -2.30. The number of aromatic nitrogens is 2. The molecule has 0 amide bonds. The van der Waals surface area contributed by atoms with Gasteiger partial charge in [-0.2, -0.15) is 5.10 Å². The lowest BCUT2D eigenvalue weighted by atomic mass is 10.1. The predicted molar refractivity (Wildman–Crippen MR) is 104 cm³/mol. The van der Waals surface area contributed by atoms with Gasteiger partial charge in [0, 0.05) is 37.3 Å². The van der Waals surface area contributed by atoms with E-state index in [1.54, 1.807) is 0 Å². The Bertz CT molecular complexity index is 817. The van der Waals surface area contributed by atoms with Crippen LogP contribution in [0.1, 0.15) is 11.3 Å². The van der Waals surface area contributed by atoms with Crippen molar-refractivity contribution in [2.75, 3.05) is 31.1 Å². The molecule has 24 heavy (non-hydrogen) atoms. The van der Waals surface area contributed by atoms with Gasteiger partial charge in [0.25, 0.3) is 0 Å². The van der Waals surface area contributed by atoms with Crippen molar-refractivity contribution in [2.45, 2.75) is 0 Å². The van der Waals surface area contributed by atoms with Crippen LogP contribution in [0.2, 0.25) is 0 Å². The Morgan fingerprint density at radius 3 is 2.46 bits per heavy atom. The fourth-order valence-corrected chi connectivity index (χ4v) is 3.01. The maximum Gasteiger partial charge on any atom is 0.0927 e. The first-order chi connectivity index (χ1) is 11.4. The molecule has 1 fully saturated rings. The predicted octanol–water partition coefficient (Wildman–Crippen LogP) is 3.56. The second-order valence-corrected chi connectivity index (χ2v) is 5.82. The number of hydrogen-bond acceptors (Lipinski definition) is 3. The Balaban J connectivity index is 0.00000169. The van der Waals surface area contributed by atoms with Crippen LogP contribution in [0.5, 0.6) is 0 Å². The van der Waals surface area contributed by atoms with Gasteiger partial charge in [0.15, 0.2) is 0 Å². The van der Waals surface area contributed by atoms with Crippen molar-refractivity contribution in [3.8, 4) is 0 Å². The summed E-state index contributed by atoms with van der Waals surface area (Å²) in [5.74, 6) is 0. The van der Waals surface area contributed by atoms with Crippen LogP contribution in [-0.4, -0.2) is 36.4 Å². The highest BCUT2D eigenvalue weighted by Crippen LogP contribution is 2.19. The summed E-state index contributed by atoms with van der Waals surface area (Å²) in [4.78, 5) is 2.42. The Kier molecular flexibility index (Phi) is 5.18. The number of rotatable bonds is 3. The van der Waals surface area contributed by atoms with E-state index in [2.05, 4.69) is 62.9 Å². The van der Waals surface area contributed by atoms with E-state index in [1.807, 2.05) is 18.2 Å². The average Bonchev–Trinajstić information content (AvgIpc) is 3.04. The van der Waals surface area contributed by atoms with Crippen LogP contribution in [0.15, 0.2) is 48.5 Å². The fraction of sp³-hybridized carbons (Fsp3) is 0.211. The third-order valence-corrected chi connectivity index (χ3v) is 4.31. The average molecular weight is 341 g/mol. The lowest BCUT2D eigenvalue weighted by Gasteiger charge is -2.29. The van der Waals surface area contributed by atoms with Crippen LogP contribution in [0.25, 0.3) is 23.1 Å². The standard InChI is InChI=1S/C19H20N4.ClH/c1-2-4-18-17(3-1)19(22-21-18)10-7-15-5-8-16(9-6-15)23-13-11-20-12-14-23;/h1-10,20H,11-14H2,(H,21,22);1H/b10-7+;. The number of para-hydroxylation sites is 1. The number of aromatic amines is 1. The van der Waals surface area contributed by atoms with Crippen LogP contribution in [0.3, 0.4) is 0 Å². The number of hydrogen-bond donors (Lipinski definition) is 2. The van der Waals surface area contributed by atoms with Crippen LogP contribution in [0, 0.1) is 0 Å². The van der Waals surface area contributed by atoms with Crippen LogP contribution < -0.4 is 10.2 Å². The monoisotopic (exact) mass is 340 g/mol. The second-order valence-electron chi connectivity index (χ2n) is 5.82. The van der Waals surface area contributed by atoms with E-state index < -0.39 is 0 Å². The molecule has 0 spiro atoms. The van der Waals surface area contributed by atoms with Gasteiger partial charge in [-0.25, -0.2) is 0 Å². The molecule has 0 radical (unpaired) electrons. The maximum absolute atomic E-state index is 4.37. The quantitative estimate of drug-likeness (QED) is 0.766. The van der Waals surface area contributed by atoms with Gasteiger partial charge in [-0.3, -0.25) is 5.10 Å². The number of nitrogens with one attached hydrogen (secondary N) is 2. The van der Waals surface area contributed by atoms with Crippen molar-refractivity contribution < 1.29 is 0 Å². The molecule has 0 aliphatic carbocycles. The number of piperazine rings is 1. The summed E-state index contributed by atoms with van der Waals surface area (Å²) in [6.45, 7) is 4.28. The molecule has 3 aromatic rings. The third kappa shape index (κ3) is 3.45. The smallest absolute Gasteiger partial charge is 0.0927 e. The molecule has 4 rings (SSSR count). The fourth-order valence-electron chi connectivity index (χ4n) is 3.01. The van der Waals surface area contributed by atoms with E-state index in [9.17, 15) is 0 Å². The molecule has 1 aromatic heterocycles. The van der Waals surface area contributed by atoms with Gasteiger partial charge in [-0.15, -0.1) is 12.4 Å². The molecule has 2 heterocycles. The first-order valence-corrected chi connectivity index (χ1v) is 8.07. The highest BCUT2D eigenvalue weighted by atomic mass is 35.5. The molecule has 2 aromatic carbocycles. The molecule has 0 saturated carbocycles. The Labute approximate surface area is 148 Å². The van der Waals surface area contributed by atoms with Crippen molar-refractivity contribution >= 4 is 41.1 Å². The lowest BCUT2D eigenvalue weighted by Crippen LogP contribution is -2.43. The first-order valence-electron chi connectivity index (χ1n) is 8.07. The zero-order valence-corrected chi connectivity index (χ0v) is 14.2. The van der Waals surface area contributed by atoms with Crippen LogP contribution >= 0.6 is 12.4 Å². The molecule has 0 bridgehead atoms. The van der Waals surface area contributed by atoms with E-state index in [4.69, 9.17) is 0 Å². The number of halogens is 1. The normalized spacial score (nSPS) is 14.9. The van der Waals surface area contributed by atoms with E-state index >= 15 is 0 Å². The van der Waals surface area contributed by atoms with Gasteiger partial charge in [-0.1, -0.05) is 36.4 Å². The number of nitrogens with zero attached hydrogens (tertiary/aromatic N) is 2. The van der Waals surface area contributed by atoms with Crippen molar-refractivity contribution in [1.29, 1.82) is 0 Å². The summed E-state index contributed by atoms with van der Waals surface area (Å²) in [6.07, 6.45) is 4.18. The van der Waals surface area contributed by atoms with Gasteiger partial charge in [0.2, 0.25) is 0 Å². The van der Waals surface area contributed by atoms with E-state index in [1.165, 1.54) is 11.3 Å². The molecule has 1 aliphatic rings. The van der Waals surface area contributed by atoms with Crippen molar-refractivity contribution in [1.82, 2.24) is 15.5 Å². The summed E-state index contributed by atoms with van der Waals surface area (Å²) < 4.78 is 0. The molecule has 1 aliphatic heterocycles. The van der Waals surface area contributed by atoms with Crippen molar-refractivity contribution in [3.63, 3.8) is 0 Å². The molecular formula is C19H21ClN4. The summed E-state index contributed by atoms with van der Waals surface area (Å²) in [7, 11) is 0. The largest absolute Gasteiger partial charge is 0.369 e. The third-order valence-electron chi connectivity index (χ3n) is 4.31. The van der Waals surface area contributed by atoms with E-state index in [0.29, 0.717) is 0 Å². The first kappa shape index (κ1) is 16.6. The number of H-pyrrole nitrogens is 1. The number of benzene rings is 2. The van der Waals surface area contributed by atoms with Crippen LogP contribution in [0.4, 0.5) is 5.69 Å². The topological polar surface area (TPSA) is 44.0 Å². The van der Waals surface area contributed by atoms with Crippen LogP contribution in [-0.2, 0) is 0 Å². The minimum absolute atomic E-state index is 0. The van der Waals surface area contributed by atoms with E-state index in [0.717, 1.165) is 42.8 Å². The van der Waals surface area contributed by atoms with Gasteiger partial charge < -0.3 is 10.2 Å². The molecule has 1 saturated heterocycles. The zero-order chi connectivity index (χ0) is 15.5. The maximum atomic E-state index is 4.37. The molecule has 4 nitrogen and oxygen atoms in total. The lowest BCUT2D eigenvalue weighted by molar-refractivity contribution is 0.589. The van der Waals surface area contributed by atoms with Crippen molar-refractivity contribution in [2.24, 2.45) is 0 Å². The molecular weight excluding hydrogens is 320 g/mol. The Morgan fingerprint density at radius 2 is 1.67 bits per heavy atom. The highest BCUT2D eigenvalue weighted by Gasteiger charge is 2.09. The molecule has 2 N–H and O–H groups in total.